The first-order valence-electron chi connectivity index (χ1n) is 12.1. The molecule has 3 aromatic heterocycles. The number of hydrogen-bond donors (Lipinski definition) is 2. The third kappa shape index (κ3) is 4.51. The van der Waals surface area contributed by atoms with Crippen LogP contribution in [0.15, 0.2) is 77.9 Å². The van der Waals surface area contributed by atoms with E-state index < -0.39 is 0 Å². The minimum absolute atomic E-state index is 0.0858. The van der Waals surface area contributed by atoms with Crippen LogP contribution in [0.4, 0.5) is 5.82 Å². The summed E-state index contributed by atoms with van der Waals surface area (Å²) in [7, 11) is 0. The van der Waals surface area contributed by atoms with E-state index in [-0.39, 0.29) is 30.2 Å². The lowest BCUT2D eigenvalue weighted by Gasteiger charge is -2.15. The highest BCUT2D eigenvalue weighted by Gasteiger charge is 2.21. The quantitative estimate of drug-likeness (QED) is 0.241. The fourth-order valence-electron chi connectivity index (χ4n) is 4.69. The number of phenolic OH excluding ortho intramolecular Hbond substituents is 1. The van der Waals surface area contributed by atoms with Gasteiger partial charge in [0.05, 0.1) is 22.8 Å². The van der Waals surface area contributed by atoms with E-state index in [1.807, 2.05) is 24.3 Å². The number of benzene rings is 3. The highest BCUT2D eigenvalue weighted by Crippen LogP contribution is 2.32. The molecule has 3 aromatic carbocycles. The number of nitrogen functional groups attached to an aromatic ring is 1. The van der Waals surface area contributed by atoms with Gasteiger partial charge in [-0.2, -0.15) is 5.10 Å². The summed E-state index contributed by atoms with van der Waals surface area (Å²) in [6.07, 6.45) is 1.36. The molecule has 0 aliphatic rings. The molecule has 9 nitrogen and oxygen atoms in total. The molecule has 0 atom stereocenters. The number of nitrogens with two attached hydrogens (primary N) is 1. The van der Waals surface area contributed by atoms with Crippen LogP contribution in [0.1, 0.15) is 17.0 Å². The molecular formula is C29H21ClN7O2S+. The lowest BCUT2D eigenvalue weighted by molar-refractivity contribution is 0.475. The zero-order valence-corrected chi connectivity index (χ0v) is 22.6. The molecule has 0 bridgehead atoms. The number of hydrogen-bond acceptors (Lipinski definition) is 7. The Bertz CT molecular complexity index is 2060. The van der Waals surface area contributed by atoms with Gasteiger partial charge in [0.1, 0.15) is 36.0 Å². The lowest BCUT2D eigenvalue weighted by atomic mass is 10.1. The number of anilines is 1. The largest absolute Gasteiger partial charge is 0.508 e. The molecule has 11 heteroatoms. The van der Waals surface area contributed by atoms with Gasteiger partial charge < -0.3 is 10.8 Å². The number of nitrogens with zero attached hydrogens (tertiary/aromatic N) is 6. The summed E-state index contributed by atoms with van der Waals surface area (Å²) in [6, 6.07) is 19.4. The second-order valence-corrected chi connectivity index (χ2v) is 9.63. The van der Waals surface area contributed by atoms with E-state index in [2.05, 4.69) is 33.8 Å². The minimum Gasteiger partial charge on any atom is -0.508 e. The van der Waals surface area contributed by atoms with Crippen LogP contribution in [0.25, 0.3) is 33.2 Å². The Morgan fingerprint density at radius 3 is 2.62 bits per heavy atom. The highest BCUT2D eigenvalue weighted by molar-refractivity contribution is 7.64. The minimum atomic E-state index is -0.260. The average molecular weight is 567 g/mol. The van der Waals surface area contributed by atoms with Gasteiger partial charge in [0.15, 0.2) is 10.9 Å². The van der Waals surface area contributed by atoms with Crippen molar-refractivity contribution in [1.82, 2.24) is 29.3 Å². The van der Waals surface area contributed by atoms with Crippen LogP contribution in [-0.2, 0) is 25.7 Å². The van der Waals surface area contributed by atoms with E-state index in [1.54, 1.807) is 51.7 Å². The predicted molar refractivity (Wildman–Crippen MR) is 160 cm³/mol. The topological polar surface area (TPSA) is 125 Å². The Balaban J connectivity index is 1.58. The summed E-state index contributed by atoms with van der Waals surface area (Å²) < 4.78 is 3.21. The van der Waals surface area contributed by atoms with Gasteiger partial charge in [0, 0.05) is 28.8 Å². The number of halogens is 1. The normalized spacial score (nSPS) is 11.1. The molecule has 0 saturated carbocycles. The third-order valence-corrected chi connectivity index (χ3v) is 7.01. The molecule has 196 valence electrons. The highest BCUT2D eigenvalue weighted by atomic mass is 35.5. The molecule has 0 radical (unpaired) electrons. The van der Waals surface area contributed by atoms with Gasteiger partial charge >= 0.3 is 0 Å². The number of aromatic nitrogens is 6. The molecule has 0 aliphatic carbocycles. The predicted octanol–water partition coefficient (Wildman–Crippen LogP) is 3.56. The summed E-state index contributed by atoms with van der Waals surface area (Å²) in [5, 5.41) is 19.0. The van der Waals surface area contributed by atoms with Crippen LogP contribution in [-0.4, -0.2) is 34.4 Å². The molecule has 0 unspecified atom stereocenters. The van der Waals surface area contributed by atoms with Gasteiger partial charge in [0.25, 0.3) is 5.56 Å². The maximum absolute atomic E-state index is 14.0. The van der Waals surface area contributed by atoms with E-state index >= 15 is 0 Å². The Hall–Kier alpha value is -4.85. The molecule has 0 aliphatic heterocycles. The van der Waals surface area contributed by atoms with E-state index in [0.717, 1.165) is 5.56 Å². The summed E-state index contributed by atoms with van der Waals surface area (Å²) in [5.74, 6) is 3.70. The second-order valence-electron chi connectivity index (χ2n) is 8.97. The molecule has 40 heavy (non-hydrogen) atoms. The van der Waals surface area contributed by atoms with Crippen LogP contribution in [0.5, 0.6) is 5.75 Å². The van der Waals surface area contributed by atoms with Crippen LogP contribution in [0.2, 0.25) is 5.02 Å². The molecule has 0 fully saturated rings. The van der Waals surface area contributed by atoms with E-state index in [9.17, 15) is 9.90 Å². The number of aromatic hydroxyl groups is 1. The monoisotopic (exact) mass is 566 g/mol. The van der Waals surface area contributed by atoms with Crippen molar-refractivity contribution in [2.24, 2.45) is 0 Å². The Kier molecular flexibility index (Phi) is 6.59. The van der Waals surface area contributed by atoms with Gasteiger partial charge in [-0.05, 0) is 41.8 Å². The molecule has 6 aromatic rings. The van der Waals surface area contributed by atoms with Crippen molar-refractivity contribution in [3.63, 3.8) is 0 Å². The Morgan fingerprint density at radius 2 is 1.82 bits per heavy atom. The number of phenols is 1. The van der Waals surface area contributed by atoms with Crippen molar-refractivity contribution in [2.75, 3.05) is 5.73 Å². The van der Waals surface area contributed by atoms with Crippen LogP contribution in [0.3, 0.4) is 0 Å². The van der Waals surface area contributed by atoms with Crippen molar-refractivity contribution in [2.45, 2.75) is 13.1 Å². The summed E-state index contributed by atoms with van der Waals surface area (Å²) in [4.78, 5) is 27.5. The molecular weight excluding hydrogens is 546 g/mol. The fourth-order valence-corrected chi connectivity index (χ4v) is 5.02. The third-order valence-electron chi connectivity index (χ3n) is 6.52. The van der Waals surface area contributed by atoms with Gasteiger partial charge in [-0.1, -0.05) is 48.0 Å². The van der Waals surface area contributed by atoms with Crippen LogP contribution < -0.4 is 11.3 Å². The molecule has 6 rings (SSSR count). The SMILES string of the molecule is Nc1ncnc2c1c(-c1cccc(O)c1)nn2Cc1nc2cccc(C#C[SH2+])c2c(=O)n1Cc1ccccc1Cl. The lowest BCUT2D eigenvalue weighted by Crippen LogP contribution is -2.28. The zero-order chi connectivity index (χ0) is 27.8. The van der Waals surface area contributed by atoms with Gasteiger partial charge in [-0.25, -0.2) is 19.6 Å². The summed E-state index contributed by atoms with van der Waals surface area (Å²) in [5.41, 5.74) is 9.42. The van der Waals surface area contributed by atoms with E-state index in [4.69, 9.17) is 27.4 Å². The summed E-state index contributed by atoms with van der Waals surface area (Å²) >= 11 is 9.67. The fraction of sp³-hybridized carbons (Fsp3) is 0.0690. The van der Waals surface area contributed by atoms with Crippen molar-refractivity contribution in [3.8, 4) is 28.2 Å². The molecule has 0 spiro atoms. The zero-order valence-electron chi connectivity index (χ0n) is 20.8. The van der Waals surface area contributed by atoms with Crippen molar-refractivity contribution in [3.05, 3.63) is 105 Å². The number of rotatable bonds is 5. The Labute approximate surface area is 238 Å². The van der Waals surface area contributed by atoms with Crippen molar-refractivity contribution >= 4 is 52.0 Å². The first-order chi connectivity index (χ1) is 19.4. The first-order valence-corrected chi connectivity index (χ1v) is 13.0. The molecule has 3 heterocycles. The maximum atomic E-state index is 14.0. The second kappa shape index (κ2) is 10.4. The molecule has 3 N–H and O–H groups in total. The maximum Gasteiger partial charge on any atom is 0.263 e. The van der Waals surface area contributed by atoms with Crippen molar-refractivity contribution < 1.29 is 5.11 Å². The van der Waals surface area contributed by atoms with Gasteiger partial charge in [-0.3, -0.25) is 9.36 Å². The van der Waals surface area contributed by atoms with E-state index in [0.29, 0.717) is 49.6 Å². The van der Waals surface area contributed by atoms with Crippen LogP contribution >= 0.6 is 11.6 Å². The van der Waals surface area contributed by atoms with Crippen molar-refractivity contribution in [1.29, 1.82) is 0 Å². The number of fused-ring (bicyclic) bond motifs is 2. The average Bonchev–Trinajstić information content (AvgIpc) is 3.31. The molecule has 0 amide bonds. The van der Waals surface area contributed by atoms with E-state index in [1.165, 1.54) is 6.33 Å². The summed E-state index contributed by atoms with van der Waals surface area (Å²) in [6.45, 7) is 0.275. The first kappa shape index (κ1) is 25.4. The smallest absolute Gasteiger partial charge is 0.263 e. The Morgan fingerprint density at radius 1 is 1.00 bits per heavy atom. The molecule has 0 saturated heterocycles. The van der Waals surface area contributed by atoms with Gasteiger partial charge in [-0.15, -0.1) is 0 Å². The van der Waals surface area contributed by atoms with Gasteiger partial charge in [0.2, 0.25) is 0 Å². The van der Waals surface area contributed by atoms with Crippen LogP contribution in [0, 0.1) is 11.2 Å². The standard InChI is InChI=1S/C29H20ClN7O2S/c30-21-9-2-1-5-19(21)14-36-23(34-22-10-4-6-17(11-12-40)24(22)29(36)39)15-37-28-25(27(31)32-16-33-28)26(35-37)18-7-3-8-20(38)13-18/h1-10,13,16,38,40H,14-15H2,(H2,31,32,33)/p+1.